The van der Waals surface area contributed by atoms with Crippen LogP contribution in [0.25, 0.3) is 0 Å². The number of hydrogen-bond acceptors (Lipinski definition) is 1. The highest BCUT2D eigenvalue weighted by atomic mass is 15.2. The van der Waals surface area contributed by atoms with E-state index in [1.165, 1.54) is 45.2 Å². The lowest BCUT2D eigenvalue weighted by Gasteiger charge is -2.29. The lowest BCUT2D eigenvalue weighted by Crippen LogP contribution is -2.24. The molecule has 1 heteroatoms. The molecule has 0 radical (unpaired) electrons. The Kier molecular flexibility index (Phi) is 5.06. The molecule has 2 rings (SSSR count). The maximum Gasteiger partial charge on any atom is 0.0175 e. The molecule has 0 unspecified atom stereocenters. The molecule has 1 heterocycles. The van der Waals surface area contributed by atoms with Gasteiger partial charge in [0.05, 0.1) is 0 Å². The molecule has 0 N–H and O–H groups in total. The van der Waals surface area contributed by atoms with Crippen LogP contribution in [-0.2, 0) is 0 Å². The summed E-state index contributed by atoms with van der Waals surface area (Å²) in [5.74, 6) is 0.830. The fraction of sp³-hybridized carbons (Fsp3) is 0.846. The summed E-state index contributed by atoms with van der Waals surface area (Å²) in [6.45, 7) is 9.01. The summed E-state index contributed by atoms with van der Waals surface area (Å²) in [5, 5.41) is 0. The van der Waals surface area contributed by atoms with Gasteiger partial charge in [-0.2, -0.15) is 0 Å². The average Bonchev–Trinajstić information content (AvgIpc) is 2.75. The van der Waals surface area contributed by atoms with Gasteiger partial charge in [-0.25, -0.2) is 0 Å². The summed E-state index contributed by atoms with van der Waals surface area (Å²) in [7, 11) is 0. The van der Waals surface area contributed by atoms with Crippen molar-refractivity contribution in [3.05, 3.63) is 11.8 Å². The van der Waals surface area contributed by atoms with Gasteiger partial charge in [-0.1, -0.05) is 26.8 Å². The first-order valence-electron chi connectivity index (χ1n) is 6.33. The third-order valence-corrected chi connectivity index (χ3v) is 3.17. The van der Waals surface area contributed by atoms with Gasteiger partial charge in [0.2, 0.25) is 0 Å². The molecule has 0 bridgehead atoms. The molecule has 1 nitrogen and oxygen atoms in total. The normalized spacial score (nSPS) is 26.6. The topological polar surface area (TPSA) is 3.24 Å². The van der Waals surface area contributed by atoms with Gasteiger partial charge in [-0.3, -0.25) is 0 Å². The number of nitrogens with zero attached hydrogens (tertiary/aromatic N) is 1. The third-order valence-electron chi connectivity index (χ3n) is 3.17. The molecule has 0 amide bonds. The van der Waals surface area contributed by atoms with Crippen LogP contribution in [0.1, 0.15) is 52.9 Å². The van der Waals surface area contributed by atoms with E-state index in [9.17, 15) is 0 Å². The molecule has 0 aromatic heterocycles. The Labute approximate surface area is 89.2 Å². The predicted molar refractivity (Wildman–Crippen MR) is 63.3 cm³/mol. The fourth-order valence-electron chi connectivity index (χ4n) is 2.44. The third kappa shape index (κ3) is 2.76. The summed E-state index contributed by atoms with van der Waals surface area (Å²) >= 11 is 0. The zero-order valence-corrected chi connectivity index (χ0v) is 10.1. The summed E-state index contributed by atoms with van der Waals surface area (Å²) in [6.07, 6.45) is 9.41. The largest absolute Gasteiger partial charge is 0.375 e. The molecule has 82 valence electrons. The van der Waals surface area contributed by atoms with Crippen molar-refractivity contribution in [1.82, 2.24) is 4.90 Å². The number of allylic oxidation sites excluding steroid dienone is 2. The summed E-state index contributed by atoms with van der Waals surface area (Å²) in [6, 6.07) is 0. The molecule has 1 atom stereocenters. The second kappa shape index (κ2) is 6.10. The Hall–Kier alpha value is -0.460. The lowest BCUT2D eigenvalue weighted by atomic mass is 9.93. The van der Waals surface area contributed by atoms with Gasteiger partial charge >= 0.3 is 0 Å². The zero-order valence-electron chi connectivity index (χ0n) is 10.1. The number of rotatable bonds is 1. The lowest BCUT2D eigenvalue weighted by molar-refractivity contribution is 0.344. The SMILES string of the molecule is CC.C[C@@H]1CCCC=C1N1CCCC1. The van der Waals surface area contributed by atoms with Crippen molar-refractivity contribution in [3.63, 3.8) is 0 Å². The maximum absolute atomic E-state index is 2.60. The van der Waals surface area contributed by atoms with E-state index in [0.717, 1.165) is 5.92 Å². The van der Waals surface area contributed by atoms with Crippen molar-refractivity contribution in [2.75, 3.05) is 13.1 Å². The van der Waals surface area contributed by atoms with E-state index < -0.39 is 0 Å². The minimum atomic E-state index is 0.830. The van der Waals surface area contributed by atoms with E-state index in [2.05, 4.69) is 17.9 Å². The van der Waals surface area contributed by atoms with Gasteiger partial charge in [0.25, 0.3) is 0 Å². The minimum Gasteiger partial charge on any atom is -0.375 e. The van der Waals surface area contributed by atoms with Gasteiger partial charge < -0.3 is 4.90 Å². The van der Waals surface area contributed by atoms with Crippen molar-refractivity contribution >= 4 is 0 Å². The van der Waals surface area contributed by atoms with Crippen LogP contribution in [0.3, 0.4) is 0 Å². The fourth-order valence-corrected chi connectivity index (χ4v) is 2.44. The average molecular weight is 195 g/mol. The van der Waals surface area contributed by atoms with Crippen LogP contribution in [0.15, 0.2) is 11.8 Å². The highest BCUT2D eigenvalue weighted by Crippen LogP contribution is 2.29. The predicted octanol–water partition coefficient (Wildman–Crippen LogP) is 3.81. The van der Waals surface area contributed by atoms with Crippen LogP contribution < -0.4 is 0 Å². The second-order valence-corrected chi connectivity index (χ2v) is 4.16. The monoisotopic (exact) mass is 195 g/mol. The van der Waals surface area contributed by atoms with Gasteiger partial charge in [-0.05, 0) is 38.0 Å². The van der Waals surface area contributed by atoms with E-state index in [1.807, 2.05) is 13.8 Å². The molecular weight excluding hydrogens is 170 g/mol. The molecule has 1 saturated heterocycles. The first-order valence-corrected chi connectivity index (χ1v) is 6.33. The standard InChI is InChI=1S/C11H19N.C2H6/c1-10-6-2-3-7-11(10)12-8-4-5-9-12;1-2/h7,10H,2-6,8-9H2,1H3;1-2H3/t10-;/m1./s1. The minimum absolute atomic E-state index is 0.830. The van der Waals surface area contributed by atoms with E-state index in [4.69, 9.17) is 0 Å². The molecule has 1 fully saturated rings. The van der Waals surface area contributed by atoms with Crippen molar-refractivity contribution in [2.24, 2.45) is 5.92 Å². The summed E-state index contributed by atoms with van der Waals surface area (Å²) in [5.41, 5.74) is 1.65. The Balaban J connectivity index is 0.000000461. The quantitative estimate of drug-likeness (QED) is 0.615. The van der Waals surface area contributed by atoms with E-state index >= 15 is 0 Å². The first-order chi connectivity index (χ1) is 6.88. The van der Waals surface area contributed by atoms with Crippen LogP contribution in [0.2, 0.25) is 0 Å². The van der Waals surface area contributed by atoms with Crippen LogP contribution >= 0.6 is 0 Å². The van der Waals surface area contributed by atoms with Crippen LogP contribution in [0.4, 0.5) is 0 Å². The van der Waals surface area contributed by atoms with Crippen LogP contribution in [0, 0.1) is 5.92 Å². The van der Waals surface area contributed by atoms with E-state index in [1.54, 1.807) is 5.70 Å². The van der Waals surface area contributed by atoms with Crippen molar-refractivity contribution in [1.29, 1.82) is 0 Å². The van der Waals surface area contributed by atoms with E-state index in [-0.39, 0.29) is 0 Å². The molecule has 0 aromatic carbocycles. The molecule has 1 aliphatic heterocycles. The van der Waals surface area contributed by atoms with E-state index in [0.29, 0.717) is 0 Å². The Morgan fingerprint density at radius 1 is 1.14 bits per heavy atom. The van der Waals surface area contributed by atoms with Gasteiger partial charge in [-0.15, -0.1) is 0 Å². The number of likely N-dealkylation sites (tertiary alicyclic amines) is 1. The molecule has 0 aromatic rings. The summed E-state index contributed by atoms with van der Waals surface area (Å²) in [4.78, 5) is 2.60. The maximum atomic E-state index is 2.60. The molecule has 14 heavy (non-hydrogen) atoms. The van der Waals surface area contributed by atoms with Crippen LogP contribution in [-0.4, -0.2) is 18.0 Å². The molecule has 0 saturated carbocycles. The highest BCUT2D eigenvalue weighted by molar-refractivity contribution is 5.09. The van der Waals surface area contributed by atoms with Crippen molar-refractivity contribution < 1.29 is 0 Å². The van der Waals surface area contributed by atoms with Gasteiger partial charge in [0.15, 0.2) is 0 Å². The molecule has 2 aliphatic rings. The van der Waals surface area contributed by atoms with Gasteiger partial charge in [0.1, 0.15) is 0 Å². The smallest absolute Gasteiger partial charge is 0.0175 e. The first kappa shape index (κ1) is 11.6. The van der Waals surface area contributed by atoms with Crippen molar-refractivity contribution in [3.8, 4) is 0 Å². The zero-order chi connectivity index (χ0) is 10.4. The Bertz CT molecular complexity index is 178. The Morgan fingerprint density at radius 3 is 2.36 bits per heavy atom. The highest BCUT2D eigenvalue weighted by Gasteiger charge is 2.20. The second-order valence-electron chi connectivity index (χ2n) is 4.16. The van der Waals surface area contributed by atoms with Gasteiger partial charge in [0, 0.05) is 18.8 Å². The summed E-state index contributed by atoms with van der Waals surface area (Å²) < 4.78 is 0. The number of hydrogen-bond donors (Lipinski definition) is 0. The van der Waals surface area contributed by atoms with Crippen molar-refractivity contribution in [2.45, 2.75) is 52.9 Å². The molecular formula is C13H25N. The van der Waals surface area contributed by atoms with Crippen LogP contribution in [0.5, 0.6) is 0 Å². The Morgan fingerprint density at radius 2 is 1.79 bits per heavy atom. The molecule has 1 aliphatic carbocycles. The molecule has 0 spiro atoms.